The minimum Gasteiger partial charge on any atom is -0.134 e. The van der Waals surface area contributed by atoms with E-state index in [2.05, 4.69) is 0 Å². The largest absolute Gasteiger partial charge is 0.310 e. The van der Waals surface area contributed by atoms with Crippen molar-refractivity contribution in [1.29, 1.82) is 0 Å². The van der Waals surface area contributed by atoms with E-state index in [1.807, 2.05) is 54.6 Å². The average Bonchev–Trinajstić information content (AvgIpc) is 2.31. The molecule has 0 saturated carbocycles. The highest BCUT2D eigenvalue weighted by molar-refractivity contribution is 7.56. The Morgan fingerprint density at radius 3 is 1.75 bits per heavy atom. The van der Waals surface area contributed by atoms with Crippen LogP contribution in [-0.4, -0.2) is 6.69 Å². The summed E-state index contributed by atoms with van der Waals surface area (Å²) in [7, 11) is 0. The first-order chi connectivity index (χ1) is 7.60. The molecule has 2 aromatic rings. The minimum atomic E-state index is -2.59. The third-order valence-electron chi connectivity index (χ3n) is 2.34. The van der Waals surface area contributed by atoms with E-state index in [1.165, 1.54) is 0 Å². The minimum absolute atomic E-state index is 0.690. The molecule has 16 heavy (non-hydrogen) atoms. The highest BCUT2D eigenvalue weighted by Crippen LogP contribution is 2.16. The van der Waals surface area contributed by atoms with Gasteiger partial charge in [0, 0.05) is 5.02 Å². The van der Waals surface area contributed by atoms with E-state index >= 15 is 0 Å². The van der Waals surface area contributed by atoms with Gasteiger partial charge in [-0.2, -0.15) is 0 Å². The van der Waals surface area contributed by atoms with Gasteiger partial charge in [-0.1, -0.05) is 54.1 Å². The van der Waals surface area contributed by atoms with Gasteiger partial charge in [-0.05, 0) is 22.5 Å². The fraction of sp³-hybridized carbons (Fsp3) is 0. The Kier molecular flexibility index (Phi) is 3.60. The van der Waals surface area contributed by atoms with Crippen molar-refractivity contribution in [3.05, 3.63) is 59.6 Å². The number of halogens is 3. The molecule has 4 heteroatoms. The maximum atomic E-state index is 6.50. The van der Waals surface area contributed by atoms with Crippen LogP contribution in [0.15, 0.2) is 54.6 Å². The first-order valence-corrected chi connectivity index (χ1v) is 9.20. The van der Waals surface area contributed by atoms with Crippen molar-refractivity contribution < 1.29 is 0 Å². The third-order valence-corrected chi connectivity index (χ3v) is 7.33. The second kappa shape index (κ2) is 4.80. The first kappa shape index (κ1) is 12.0. The van der Waals surface area contributed by atoms with Crippen LogP contribution in [0.4, 0.5) is 0 Å². The maximum Gasteiger partial charge on any atom is 0.310 e. The van der Waals surface area contributed by atoms with E-state index in [0.717, 1.165) is 10.4 Å². The quantitative estimate of drug-likeness (QED) is 0.587. The van der Waals surface area contributed by atoms with E-state index in [1.54, 1.807) is 0 Å². The third kappa shape index (κ3) is 2.43. The summed E-state index contributed by atoms with van der Waals surface area (Å²) in [5, 5.41) is 2.63. The number of hydrogen-bond acceptors (Lipinski definition) is 0. The van der Waals surface area contributed by atoms with Gasteiger partial charge >= 0.3 is 6.69 Å². The summed E-state index contributed by atoms with van der Waals surface area (Å²) in [6, 6.07) is 17.2. The molecule has 0 bridgehead atoms. The van der Waals surface area contributed by atoms with Crippen molar-refractivity contribution in [2.75, 3.05) is 0 Å². The monoisotopic (exact) mass is 286 g/mol. The zero-order valence-corrected chi connectivity index (χ0v) is 11.6. The summed E-state index contributed by atoms with van der Waals surface area (Å²) in [6.07, 6.45) is 0. The molecule has 0 amide bonds. The van der Waals surface area contributed by atoms with Gasteiger partial charge in [0.2, 0.25) is 0 Å². The molecule has 0 heterocycles. The van der Waals surface area contributed by atoms with E-state index in [9.17, 15) is 0 Å². The molecule has 0 saturated heterocycles. The van der Waals surface area contributed by atoms with Crippen LogP contribution >= 0.6 is 33.8 Å². The van der Waals surface area contributed by atoms with Crippen molar-refractivity contribution in [3.8, 4) is 0 Å². The summed E-state index contributed by atoms with van der Waals surface area (Å²) in [4.78, 5) is 0. The molecule has 0 nitrogen and oxygen atoms in total. The predicted octanol–water partition coefficient (Wildman–Crippen LogP) is 3.37. The van der Waals surface area contributed by atoms with E-state index in [4.69, 9.17) is 33.8 Å². The Morgan fingerprint density at radius 1 is 0.688 bits per heavy atom. The molecule has 0 aliphatic carbocycles. The van der Waals surface area contributed by atoms with Gasteiger partial charge in [-0.15, -0.1) is 22.2 Å². The zero-order valence-electron chi connectivity index (χ0n) is 8.33. The normalized spacial score (nSPS) is 11.4. The van der Waals surface area contributed by atoms with Crippen LogP contribution in [0.2, 0.25) is 5.02 Å². The Balaban J connectivity index is 2.43. The van der Waals surface area contributed by atoms with Crippen LogP contribution in [0.1, 0.15) is 0 Å². The summed E-state index contributed by atoms with van der Waals surface area (Å²) in [6.45, 7) is -2.59. The molecule has 0 radical (unpaired) electrons. The molecule has 2 rings (SSSR count). The van der Waals surface area contributed by atoms with Crippen LogP contribution in [0.5, 0.6) is 0 Å². The van der Waals surface area contributed by atoms with Crippen LogP contribution in [0, 0.1) is 0 Å². The van der Waals surface area contributed by atoms with Crippen LogP contribution in [0.25, 0.3) is 0 Å². The van der Waals surface area contributed by atoms with Gasteiger partial charge in [0.15, 0.2) is 0 Å². The molecule has 0 aliphatic heterocycles. The number of benzene rings is 2. The van der Waals surface area contributed by atoms with Gasteiger partial charge < -0.3 is 0 Å². The predicted molar refractivity (Wildman–Crippen MR) is 74.6 cm³/mol. The van der Waals surface area contributed by atoms with E-state index < -0.39 is 6.69 Å². The fourth-order valence-electron chi connectivity index (χ4n) is 1.47. The van der Waals surface area contributed by atoms with Gasteiger partial charge in [0.25, 0.3) is 0 Å². The molecule has 0 aromatic heterocycles. The molecule has 0 atom stereocenters. The number of hydrogen-bond donors (Lipinski definition) is 0. The first-order valence-electron chi connectivity index (χ1n) is 4.80. The second-order valence-corrected chi connectivity index (χ2v) is 10.2. The van der Waals surface area contributed by atoms with E-state index in [0.29, 0.717) is 5.02 Å². The van der Waals surface area contributed by atoms with Crippen molar-refractivity contribution in [2.45, 2.75) is 0 Å². The Hall–Kier alpha value is -0.473. The molecular formula is C12H9Cl3Si. The highest BCUT2D eigenvalue weighted by atomic mass is 35.7. The topological polar surface area (TPSA) is 0 Å². The van der Waals surface area contributed by atoms with Gasteiger partial charge in [-0.25, -0.2) is 0 Å². The number of rotatable bonds is 2. The van der Waals surface area contributed by atoms with Crippen LogP contribution in [0.3, 0.4) is 0 Å². The van der Waals surface area contributed by atoms with Crippen LogP contribution in [-0.2, 0) is 0 Å². The average molecular weight is 288 g/mol. The van der Waals surface area contributed by atoms with Crippen molar-refractivity contribution >= 4 is 50.8 Å². The lowest BCUT2D eigenvalue weighted by atomic mass is 10.4. The molecule has 0 N–H and O–H groups in total. The van der Waals surface area contributed by atoms with Gasteiger partial charge in [0.1, 0.15) is 0 Å². The molecule has 82 valence electrons. The van der Waals surface area contributed by atoms with E-state index in [-0.39, 0.29) is 0 Å². The lowest BCUT2D eigenvalue weighted by molar-refractivity contribution is 1.73. The summed E-state index contributed by atoms with van der Waals surface area (Å²) in [5.41, 5.74) is 0. The zero-order chi connectivity index (χ0) is 11.6. The summed E-state index contributed by atoms with van der Waals surface area (Å²) < 4.78 is 0. The Morgan fingerprint density at radius 2 is 1.19 bits per heavy atom. The Labute approximate surface area is 110 Å². The fourth-order valence-corrected chi connectivity index (χ4v) is 4.64. The SMILES string of the molecule is Clc1ccc([Si](Cl)(Cl)c2ccccc2)cc1. The molecule has 0 spiro atoms. The Bertz CT molecular complexity index is 465. The molecule has 0 fully saturated rings. The smallest absolute Gasteiger partial charge is 0.134 e. The van der Waals surface area contributed by atoms with Crippen molar-refractivity contribution in [3.63, 3.8) is 0 Å². The summed E-state index contributed by atoms with van der Waals surface area (Å²) in [5.74, 6) is 0. The second-order valence-electron chi connectivity index (χ2n) is 3.45. The maximum absolute atomic E-state index is 6.50. The van der Waals surface area contributed by atoms with Crippen molar-refractivity contribution in [2.24, 2.45) is 0 Å². The van der Waals surface area contributed by atoms with Crippen molar-refractivity contribution in [1.82, 2.24) is 0 Å². The summed E-state index contributed by atoms with van der Waals surface area (Å²) >= 11 is 18.8. The van der Waals surface area contributed by atoms with Gasteiger partial charge in [-0.3, -0.25) is 0 Å². The van der Waals surface area contributed by atoms with Crippen LogP contribution < -0.4 is 10.4 Å². The lowest BCUT2D eigenvalue weighted by Crippen LogP contribution is -2.48. The lowest BCUT2D eigenvalue weighted by Gasteiger charge is -2.17. The molecular weight excluding hydrogens is 279 g/mol. The standard InChI is InChI=1S/C12H9Cl3Si/c13-10-6-8-12(9-7-10)16(14,15)11-4-2-1-3-5-11/h1-9H. The highest BCUT2D eigenvalue weighted by Gasteiger charge is 2.33. The van der Waals surface area contributed by atoms with Gasteiger partial charge in [0.05, 0.1) is 0 Å². The molecule has 2 aromatic carbocycles. The molecule has 0 unspecified atom stereocenters. The molecule has 0 aliphatic rings.